The first-order valence-corrected chi connectivity index (χ1v) is 6.35. The number of hydrogen-bond donors (Lipinski definition) is 2. The maximum absolute atomic E-state index is 12.2. The van der Waals surface area contributed by atoms with Crippen molar-refractivity contribution in [1.29, 1.82) is 0 Å². The predicted molar refractivity (Wildman–Crippen MR) is 72.6 cm³/mol. The zero-order valence-electron chi connectivity index (χ0n) is 12.4. The van der Waals surface area contributed by atoms with Gasteiger partial charge in [-0.15, -0.1) is 0 Å². The van der Waals surface area contributed by atoms with E-state index in [0.717, 1.165) is 6.42 Å². The molecule has 4 N–H and O–H groups in total. The smallest absolute Gasteiger partial charge is 0.240 e. The molecule has 0 rings (SSSR count). The second-order valence-corrected chi connectivity index (χ2v) is 6.03. The highest BCUT2D eigenvalue weighted by molar-refractivity contribution is 5.89. The molecule has 0 saturated heterocycles. The Morgan fingerprint density at radius 1 is 1.28 bits per heavy atom. The summed E-state index contributed by atoms with van der Waals surface area (Å²) >= 11 is 0. The zero-order valence-corrected chi connectivity index (χ0v) is 12.4. The number of amides is 2. The second-order valence-electron chi connectivity index (χ2n) is 6.03. The van der Waals surface area contributed by atoms with Gasteiger partial charge in [0.2, 0.25) is 11.8 Å². The van der Waals surface area contributed by atoms with Gasteiger partial charge < -0.3 is 16.4 Å². The van der Waals surface area contributed by atoms with E-state index in [2.05, 4.69) is 0 Å². The van der Waals surface area contributed by atoms with Crippen LogP contribution in [0.2, 0.25) is 0 Å². The molecule has 0 radical (unpaired) electrons. The highest BCUT2D eigenvalue weighted by Gasteiger charge is 2.37. The van der Waals surface area contributed by atoms with Crippen molar-refractivity contribution >= 4 is 11.8 Å². The third kappa shape index (κ3) is 3.98. The Kier molecular flexibility index (Phi) is 5.80. The fourth-order valence-electron chi connectivity index (χ4n) is 2.06. The molecule has 0 aliphatic heterocycles. The van der Waals surface area contributed by atoms with E-state index in [4.69, 9.17) is 11.5 Å². The Hall–Kier alpha value is -1.10. The Labute approximate surface area is 110 Å². The molecule has 0 bridgehead atoms. The number of nitrogens with zero attached hydrogens (tertiary/aromatic N) is 1. The summed E-state index contributed by atoms with van der Waals surface area (Å²) in [5, 5.41) is 0. The molecular weight excluding hydrogens is 230 g/mol. The van der Waals surface area contributed by atoms with Gasteiger partial charge in [-0.25, -0.2) is 0 Å². The van der Waals surface area contributed by atoms with Crippen molar-refractivity contribution in [2.24, 2.45) is 22.8 Å². The van der Waals surface area contributed by atoms with Gasteiger partial charge >= 0.3 is 0 Å². The van der Waals surface area contributed by atoms with Gasteiger partial charge in [0, 0.05) is 7.05 Å². The van der Waals surface area contributed by atoms with Crippen LogP contribution in [0.15, 0.2) is 0 Å². The number of likely N-dealkylation sites (N-methyl/N-ethyl adjacent to an activating group) is 1. The van der Waals surface area contributed by atoms with Crippen molar-refractivity contribution < 1.29 is 9.59 Å². The van der Waals surface area contributed by atoms with Crippen LogP contribution in [0.25, 0.3) is 0 Å². The number of primary amides is 1. The van der Waals surface area contributed by atoms with E-state index in [-0.39, 0.29) is 11.8 Å². The molecule has 0 unspecified atom stereocenters. The quantitative estimate of drug-likeness (QED) is 0.760. The third-order valence-electron chi connectivity index (χ3n) is 3.37. The molecule has 18 heavy (non-hydrogen) atoms. The Balaban J connectivity index is 5.06. The Morgan fingerprint density at radius 2 is 1.72 bits per heavy atom. The van der Waals surface area contributed by atoms with Gasteiger partial charge in [0.15, 0.2) is 0 Å². The van der Waals surface area contributed by atoms with Crippen LogP contribution < -0.4 is 11.5 Å². The summed E-state index contributed by atoms with van der Waals surface area (Å²) in [5.41, 5.74) is 10.9. The van der Waals surface area contributed by atoms with E-state index in [9.17, 15) is 9.59 Å². The highest BCUT2D eigenvalue weighted by Crippen LogP contribution is 2.24. The molecule has 0 aromatic rings. The monoisotopic (exact) mass is 257 g/mol. The Bertz CT molecular complexity index is 310. The molecular formula is C13H27N3O2. The van der Waals surface area contributed by atoms with Gasteiger partial charge in [0.25, 0.3) is 0 Å². The van der Waals surface area contributed by atoms with Crippen LogP contribution in [0.3, 0.4) is 0 Å². The SMILES string of the molecule is CC[C@H](C)[C@H](N)C(=O)N(C)[C@H](C(N)=O)C(C)(C)C. The van der Waals surface area contributed by atoms with Crippen LogP contribution in [-0.4, -0.2) is 35.8 Å². The minimum Gasteiger partial charge on any atom is -0.368 e. The van der Waals surface area contributed by atoms with E-state index >= 15 is 0 Å². The molecule has 3 atom stereocenters. The van der Waals surface area contributed by atoms with E-state index in [1.165, 1.54) is 4.90 Å². The molecule has 106 valence electrons. The molecule has 0 aromatic heterocycles. The maximum atomic E-state index is 12.2. The van der Waals surface area contributed by atoms with Crippen molar-refractivity contribution in [3.63, 3.8) is 0 Å². The van der Waals surface area contributed by atoms with Crippen molar-refractivity contribution in [1.82, 2.24) is 4.90 Å². The molecule has 0 spiro atoms. The summed E-state index contributed by atoms with van der Waals surface area (Å²) in [6.45, 7) is 9.53. The first kappa shape index (κ1) is 16.9. The first-order chi connectivity index (χ1) is 8.03. The summed E-state index contributed by atoms with van der Waals surface area (Å²) < 4.78 is 0. The number of carbonyl (C=O) groups excluding carboxylic acids is 2. The lowest BCUT2D eigenvalue weighted by Crippen LogP contribution is -2.57. The molecule has 0 fully saturated rings. The molecule has 0 saturated carbocycles. The zero-order chi connectivity index (χ0) is 14.7. The first-order valence-electron chi connectivity index (χ1n) is 6.35. The van der Waals surface area contributed by atoms with Gasteiger partial charge in [-0.3, -0.25) is 9.59 Å². The number of nitrogens with two attached hydrogens (primary N) is 2. The number of hydrogen-bond acceptors (Lipinski definition) is 3. The van der Waals surface area contributed by atoms with Crippen LogP contribution in [0.1, 0.15) is 41.0 Å². The minimum atomic E-state index is -0.653. The van der Waals surface area contributed by atoms with Crippen LogP contribution in [-0.2, 0) is 9.59 Å². The standard InChI is InChI=1S/C13H27N3O2/c1-7-8(2)9(14)12(18)16(6)10(11(15)17)13(3,4)5/h8-10H,7,14H2,1-6H3,(H2,15,17)/t8-,9-,10+/m0/s1. The van der Waals surface area contributed by atoms with Crippen LogP contribution >= 0.6 is 0 Å². The van der Waals surface area contributed by atoms with Crippen molar-refractivity contribution in [2.75, 3.05) is 7.05 Å². The van der Waals surface area contributed by atoms with E-state index in [1.54, 1.807) is 7.05 Å². The number of rotatable bonds is 5. The lowest BCUT2D eigenvalue weighted by Gasteiger charge is -2.37. The van der Waals surface area contributed by atoms with Gasteiger partial charge in [-0.2, -0.15) is 0 Å². The molecule has 0 aliphatic rings. The van der Waals surface area contributed by atoms with E-state index in [0.29, 0.717) is 0 Å². The molecule has 5 heteroatoms. The normalized spacial score (nSPS) is 16.8. The summed E-state index contributed by atoms with van der Waals surface area (Å²) in [5.74, 6) is -0.661. The topological polar surface area (TPSA) is 89.4 Å². The van der Waals surface area contributed by atoms with Crippen molar-refractivity contribution in [2.45, 2.75) is 53.1 Å². The third-order valence-corrected chi connectivity index (χ3v) is 3.37. The van der Waals surface area contributed by atoms with E-state index in [1.807, 2.05) is 34.6 Å². The minimum absolute atomic E-state index is 0.0773. The lowest BCUT2D eigenvalue weighted by atomic mass is 9.84. The van der Waals surface area contributed by atoms with Crippen molar-refractivity contribution in [3.8, 4) is 0 Å². The highest BCUT2D eigenvalue weighted by atomic mass is 16.2. The van der Waals surface area contributed by atoms with Crippen LogP contribution in [0, 0.1) is 11.3 Å². The Morgan fingerprint density at radius 3 is 2.00 bits per heavy atom. The average molecular weight is 257 g/mol. The van der Waals surface area contributed by atoms with Crippen LogP contribution in [0.4, 0.5) is 0 Å². The summed E-state index contributed by atoms with van der Waals surface area (Å²) in [4.78, 5) is 25.2. The second kappa shape index (κ2) is 6.18. The fourth-order valence-corrected chi connectivity index (χ4v) is 2.06. The molecule has 0 aromatic carbocycles. The lowest BCUT2D eigenvalue weighted by molar-refractivity contribution is -0.143. The molecule has 0 aliphatic carbocycles. The predicted octanol–water partition coefficient (Wildman–Crippen LogP) is 0.718. The fraction of sp³-hybridized carbons (Fsp3) is 0.846. The molecule has 5 nitrogen and oxygen atoms in total. The van der Waals surface area contributed by atoms with E-state index < -0.39 is 23.4 Å². The van der Waals surface area contributed by atoms with Gasteiger partial charge in [-0.1, -0.05) is 41.0 Å². The summed E-state index contributed by atoms with van der Waals surface area (Å²) in [6.07, 6.45) is 0.817. The average Bonchev–Trinajstić information content (AvgIpc) is 2.23. The number of carbonyl (C=O) groups is 2. The van der Waals surface area contributed by atoms with Crippen LogP contribution in [0.5, 0.6) is 0 Å². The van der Waals surface area contributed by atoms with Crippen molar-refractivity contribution in [3.05, 3.63) is 0 Å². The maximum Gasteiger partial charge on any atom is 0.240 e. The molecule has 2 amide bonds. The summed E-state index contributed by atoms with van der Waals surface area (Å²) in [7, 11) is 1.59. The van der Waals surface area contributed by atoms with Gasteiger partial charge in [0.1, 0.15) is 6.04 Å². The largest absolute Gasteiger partial charge is 0.368 e. The van der Waals surface area contributed by atoms with Gasteiger partial charge in [-0.05, 0) is 11.3 Å². The van der Waals surface area contributed by atoms with Gasteiger partial charge in [0.05, 0.1) is 6.04 Å². The summed E-state index contributed by atoms with van der Waals surface area (Å²) in [6, 6.07) is -1.25. The molecule has 0 heterocycles.